The summed E-state index contributed by atoms with van der Waals surface area (Å²) in [4.78, 5) is 22.1. The molecule has 0 aromatic rings. The number of carbonyl (C=O) groups is 2. The van der Waals surface area contributed by atoms with Crippen LogP contribution < -0.4 is 5.32 Å². The van der Waals surface area contributed by atoms with Crippen LogP contribution in [0.2, 0.25) is 0 Å². The molecule has 5 nitrogen and oxygen atoms in total. The van der Waals surface area contributed by atoms with Crippen molar-refractivity contribution in [2.45, 2.75) is 19.9 Å². The maximum Gasteiger partial charge on any atom is 0.412 e. The average molecular weight is 160 g/mol. The third kappa shape index (κ3) is 3.44. The molecule has 0 unspecified atom stereocenters. The van der Waals surface area contributed by atoms with E-state index in [-0.39, 0.29) is 6.04 Å². The zero-order valence-corrected chi connectivity index (χ0v) is 6.79. The van der Waals surface area contributed by atoms with Crippen molar-refractivity contribution in [3.05, 3.63) is 0 Å². The molecule has 0 saturated carbocycles. The smallest absolute Gasteiger partial charge is 0.412 e. The van der Waals surface area contributed by atoms with E-state index >= 15 is 0 Å². The highest BCUT2D eigenvalue weighted by molar-refractivity contribution is 5.89. The van der Waals surface area contributed by atoms with Crippen molar-refractivity contribution in [2.24, 2.45) is 0 Å². The van der Waals surface area contributed by atoms with E-state index in [0.717, 1.165) is 0 Å². The summed E-state index contributed by atoms with van der Waals surface area (Å²) in [6.45, 7) is 3.59. The SMILES string of the molecule is CC(C)N(C)C(=O)NC(=O)O. The third-order valence-corrected chi connectivity index (χ3v) is 1.31. The molecule has 11 heavy (non-hydrogen) atoms. The van der Waals surface area contributed by atoms with Crippen LogP contribution in [0.15, 0.2) is 0 Å². The van der Waals surface area contributed by atoms with E-state index < -0.39 is 12.1 Å². The Morgan fingerprint density at radius 3 is 2.18 bits per heavy atom. The van der Waals surface area contributed by atoms with Gasteiger partial charge in [0, 0.05) is 13.1 Å². The summed E-state index contributed by atoms with van der Waals surface area (Å²) in [7, 11) is 1.53. The summed E-state index contributed by atoms with van der Waals surface area (Å²) >= 11 is 0. The summed E-state index contributed by atoms with van der Waals surface area (Å²) in [5.74, 6) is 0. The van der Waals surface area contributed by atoms with Gasteiger partial charge in [0.05, 0.1) is 0 Å². The molecule has 0 aliphatic carbocycles. The Bertz CT molecular complexity index is 167. The molecule has 0 atom stereocenters. The molecule has 0 aliphatic heterocycles. The second-order valence-corrected chi connectivity index (χ2v) is 2.44. The number of amides is 3. The Balaban J connectivity index is 3.93. The van der Waals surface area contributed by atoms with Crippen LogP contribution in [0.5, 0.6) is 0 Å². The molecule has 0 aromatic heterocycles. The minimum absolute atomic E-state index is 0.00523. The van der Waals surface area contributed by atoms with Crippen LogP contribution >= 0.6 is 0 Å². The van der Waals surface area contributed by atoms with Gasteiger partial charge in [-0.1, -0.05) is 0 Å². The lowest BCUT2D eigenvalue weighted by molar-refractivity contribution is 0.177. The van der Waals surface area contributed by atoms with E-state index in [0.29, 0.717) is 0 Å². The van der Waals surface area contributed by atoms with Gasteiger partial charge in [-0.2, -0.15) is 0 Å². The molecule has 0 radical (unpaired) electrons. The number of imide groups is 1. The van der Waals surface area contributed by atoms with Crippen molar-refractivity contribution in [3.63, 3.8) is 0 Å². The molecule has 0 aliphatic rings. The Morgan fingerprint density at radius 2 is 1.91 bits per heavy atom. The van der Waals surface area contributed by atoms with Crippen LogP contribution in [-0.4, -0.2) is 35.2 Å². The molecule has 0 saturated heterocycles. The fourth-order valence-electron chi connectivity index (χ4n) is 0.414. The van der Waals surface area contributed by atoms with Crippen molar-refractivity contribution in [2.75, 3.05) is 7.05 Å². The first-order chi connectivity index (χ1) is 4.95. The van der Waals surface area contributed by atoms with Gasteiger partial charge in [-0.3, -0.25) is 0 Å². The standard InChI is InChI=1S/C6H12N2O3/c1-4(2)8(3)5(9)7-6(10)11/h4H,1-3H3,(H,7,9)(H,10,11). The normalized spacial score (nSPS) is 9.45. The number of rotatable bonds is 1. The van der Waals surface area contributed by atoms with Crippen molar-refractivity contribution in [3.8, 4) is 0 Å². The van der Waals surface area contributed by atoms with Crippen LogP contribution in [0.4, 0.5) is 9.59 Å². The predicted octanol–water partition coefficient (Wildman–Crippen LogP) is 0.714. The van der Waals surface area contributed by atoms with Gasteiger partial charge >= 0.3 is 12.1 Å². The zero-order valence-electron chi connectivity index (χ0n) is 6.79. The van der Waals surface area contributed by atoms with Gasteiger partial charge in [-0.25, -0.2) is 14.9 Å². The summed E-state index contributed by atoms with van der Waals surface area (Å²) in [5.41, 5.74) is 0. The molecule has 0 heterocycles. The van der Waals surface area contributed by atoms with Crippen LogP contribution in [-0.2, 0) is 0 Å². The summed E-state index contributed by atoms with van der Waals surface area (Å²) in [6, 6.07) is -0.609. The van der Waals surface area contributed by atoms with Crippen LogP contribution in [0, 0.1) is 0 Å². The van der Waals surface area contributed by atoms with Crippen molar-refractivity contribution < 1.29 is 14.7 Å². The summed E-state index contributed by atoms with van der Waals surface area (Å²) in [5, 5.41) is 9.88. The third-order valence-electron chi connectivity index (χ3n) is 1.31. The van der Waals surface area contributed by atoms with E-state index in [1.54, 1.807) is 19.2 Å². The van der Waals surface area contributed by atoms with Crippen LogP contribution in [0.3, 0.4) is 0 Å². The van der Waals surface area contributed by atoms with Gasteiger partial charge in [-0.05, 0) is 13.8 Å². The number of nitrogens with zero attached hydrogens (tertiary/aromatic N) is 1. The van der Waals surface area contributed by atoms with E-state index in [1.807, 2.05) is 0 Å². The highest BCUT2D eigenvalue weighted by Crippen LogP contribution is 1.92. The largest absolute Gasteiger partial charge is 0.465 e. The molecule has 0 rings (SSSR count). The molecule has 5 heteroatoms. The van der Waals surface area contributed by atoms with Gasteiger partial charge < -0.3 is 10.0 Å². The predicted molar refractivity (Wildman–Crippen MR) is 39.5 cm³/mol. The molecule has 2 N–H and O–H groups in total. The van der Waals surface area contributed by atoms with Crippen molar-refractivity contribution >= 4 is 12.1 Å². The topological polar surface area (TPSA) is 69.6 Å². The maximum atomic E-state index is 10.8. The molecule has 3 amide bonds. The maximum absolute atomic E-state index is 10.8. The Hall–Kier alpha value is -1.26. The summed E-state index contributed by atoms with van der Waals surface area (Å²) in [6.07, 6.45) is -1.33. The van der Waals surface area contributed by atoms with Gasteiger partial charge in [0.2, 0.25) is 0 Å². The Kier molecular flexibility index (Phi) is 3.36. The fraction of sp³-hybridized carbons (Fsp3) is 0.667. The van der Waals surface area contributed by atoms with Crippen LogP contribution in [0.25, 0.3) is 0 Å². The number of hydrogen-bond donors (Lipinski definition) is 2. The molecule has 0 aromatic carbocycles. The first kappa shape index (κ1) is 9.74. The fourth-order valence-corrected chi connectivity index (χ4v) is 0.414. The van der Waals surface area contributed by atoms with E-state index in [9.17, 15) is 9.59 Å². The highest BCUT2D eigenvalue weighted by atomic mass is 16.4. The molecular formula is C6H12N2O3. The number of carbonyl (C=O) groups excluding carboxylic acids is 1. The number of urea groups is 1. The van der Waals surface area contributed by atoms with Crippen LogP contribution in [0.1, 0.15) is 13.8 Å². The molecule has 0 bridgehead atoms. The van der Waals surface area contributed by atoms with Crippen molar-refractivity contribution in [1.82, 2.24) is 10.2 Å². The van der Waals surface area contributed by atoms with E-state index in [4.69, 9.17) is 5.11 Å². The monoisotopic (exact) mass is 160 g/mol. The molecule has 64 valence electrons. The van der Waals surface area contributed by atoms with Gasteiger partial charge in [0.1, 0.15) is 0 Å². The highest BCUT2D eigenvalue weighted by Gasteiger charge is 2.13. The Labute approximate surface area is 65.0 Å². The lowest BCUT2D eigenvalue weighted by Gasteiger charge is -2.20. The van der Waals surface area contributed by atoms with E-state index in [2.05, 4.69) is 0 Å². The lowest BCUT2D eigenvalue weighted by Crippen LogP contribution is -2.43. The first-order valence-corrected chi connectivity index (χ1v) is 3.22. The lowest BCUT2D eigenvalue weighted by atomic mass is 10.4. The van der Waals surface area contributed by atoms with Gasteiger partial charge in [0.15, 0.2) is 0 Å². The quantitative estimate of drug-likeness (QED) is 0.593. The van der Waals surface area contributed by atoms with E-state index in [1.165, 1.54) is 11.9 Å². The minimum atomic E-state index is -1.33. The number of hydrogen-bond acceptors (Lipinski definition) is 2. The second-order valence-electron chi connectivity index (χ2n) is 2.44. The average Bonchev–Trinajstić information content (AvgIpc) is 1.84. The minimum Gasteiger partial charge on any atom is -0.465 e. The molecular weight excluding hydrogens is 148 g/mol. The number of nitrogens with one attached hydrogen (secondary N) is 1. The Morgan fingerprint density at radius 1 is 1.45 bits per heavy atom. The van der Waals surface area contributed by atoms with Gasteiger partial charge in [-0.15, -0.1) is 0 Å². The molecule has 0 spiro atoms. The number of carboxylic acid groups (broad SMARTS) is 1. The first-order valence-electron chi connectivity index (χ1n) is 3.22. The molecule has 0 fully saturated rings. The van der Waals surface area contributed by atoms with Gasteiger partial charge in [0.25, 0.3) is 0 Å². The second kappa shape index (κ2) is 3.80. The summed E-state index contributed by atoms with van der Waals surface area (Å²) < 4.78 is 0. The zero-order chi connectivity index (χ0) is 9.02. The van der Waals surface area contributed by atoms with Crippen molar-refractivity contribution in [1.29, 1.82) is 0 Å².